The number of nitrogens with zero attached hydrogens (tertiary/aromatic N) is 5. The minimum absolute atomic E-state index is 0.0680. The molecule has 1 saturated heterocycles. The molecule has 2 aromatic rings. The minimum atomic E-state index is -0.398. The Balaban J connectivity index is 1.56. The Kier molecular flexibility index (Phi) is 4.99. The van der Waals surface area contributed by atoms with Gasteiger partial charge in [-0.3, -0.25) is 14.3 Å². The number of aromatic amines is 1. The van der Waals surface area contributed by atoms with Crippen LogP contribution in [0.15, 0.2) is 23.5 Å². The third kappa shape index (κ3) is 4.05. The molecular weight excluding hydrogens is 312 g/mol. The molecule has 0 aliphatic carbocycles. The molecule has 1 aliphatic heterocycles. The van der Waals surface area contributed by atoms with Gasteiger partial charge < -0.3 is 14.6 Å². The SMILES string of the molecule is Cc1cc(=O)[nH]c([C@@H]2CN(C(=O)CCCn3cncn3)CCO2)n1. The Morgan fingerprint density at radius 3 is 3.12 bits per heavy atom. The second-order valence-corrected chi connectivity index (χ2v) is 5.73. The maximum atomic E-state index is 12.4. The molecule has 1 N–H and O–H groups in total. The molecule has 0 radical (unpaired) electrons. The van der Waals surface area contributed by atoms with E-state index >= 15 is 0 Å². The number of hydrogen-bond acceptors (Lipinski definition) is 6. The molecule has 128 valence electrons. The summed E-state index contributed by atoms with van der Waals surface area (Å²) in [6.07, 6.45) is 3.85. The summed E-state index contributed by atoms with van der Waals surface area (Å²) in [5.41, 5.74) is 0.422. The number of carbonyl (C=O) groups is 1. The third-order valence-electron chi connectivity index (χ3n) is 3.86. The smallest absolute Gasteiger partial charge is 0.251 e. The Bertz CT molecular complexity index is 742. The van der Waals surface area contributed by atoms with Gasteiger partial charge in [0, 0.05) is 31.3 Å². The van der Waals surface area contributed by atoms with Crippen molar-refractivity contribution < 1.29 is 9.53 Å². The summed E-state index contributed by atoms with van der Waals surface area (Å²) in [4.78, 5) is 36.6. The van der Waals surface area contributed by atoms with Crippen LogP contribution in [0.1, 0.15) is 30.5 Å². The van der Waals surface area contributed by atoms with Crippen LogP contribution in [0.4, 0.5) is 0 Å². The van der Waals surface area contributed by atoms with Gasteiger partial charge in [0.1, 0.15) is 24.6 Å². The maximum absolute atomic E-state index is 12.4. The number of aryl methyl sites for hydroxylation is 2. The van der Waals surface area contributed by atoms with Crippen LogP contribution in [0.5, 0.6) is 0 Å². The van der Waals surface area contributed by atoms with Gasteiger partial charge in [-0.1, -0.05) is 0 Å². The number of rotatable bonds is 5. The number of H-pyrrole nitrogens is 1. The van der Waals surface area contributed by atoms with Gasteiger partial charge in [-0.15, -0.1) is 0 Å². The number of morpholine rings is 1. The predicted octanol–water partition coefficient (Wildman–Crippen LogP) is 0.0501. The maximum Gasteiger partial charge on any atom is 0.251 e. The zero-order chi connectivity index (χ0) is 16.9. The average Bonchev–Trinajstić information content (AvgIpc) is 3.07. The van der Waals surface area contributed by atoms with Crippen molar-refractivity contribution in [2.24, 2.45) is 0 Å². The molecule has 2 aromatic heterocycles. The van der Waals surface area contributed by atoms with E-state index < -0.39 is 6.10 Å². The molecule has 0 saturated carbocycles. The van der Waals surface area contributed by atoms with E-state index in [1.54, 1.807) is 22.8 Å². The van der Waals surface area contributed by atoms with Gasteiger partial charge in [0.25, 0.3) is 5.56 Å². The molecule has 3 rings (SSSR count). The Hall–Kier alpha value is -2.55. The molecule has 1 atom stereocenters. The van der Waals surface area contributed by atoms with Crippen molar-refractivity contribution in [3.05, 3.63) is 40.6 Å². The molecule has 1 fully saturated rings. The van der Waals surface area contributed by atoms with E-state index in [1.807, 2.05) is 0 Å². The lowest BCUT2D eigenvalue weighted by atomic mass is 10.2. The normalized spacial score (nSPS) is 17.9. The fourth-order valence-electron chi connectivity index (χ4n) is 2.69. The lowest BCUT2D eigenvalue weighted by Gasteiger charge is -2.32. The van der Waals surface area contributed by atoms with E-state index in [1.165, 1.54) is 12.4 Å². The highest BCUT2D eigenvalue weighted by Gasteiger charge is 2.26. The molecular formula is C15H20N6O3. The van der Waals surface area contributed by atoms with E-state index in [9.17, 15) is 9.59 Å². The highest BCUT2D eigenvalue weighted by Crippen LogP contribution is 2.19. The van der Waals surface area contributed by atoms with Crippen molar-refractivity contribution in [1.82, 2.24) is 29.6 Å². The summed E-state index contributed by atoms with van der Waals surface area (Å²) in [6.45, 7) is 3.79. The molecule has 24 heavy (non-hydrogen) atoms. The highest BCUT2D eigenvalue weighted by atomic mass is 16.5. The topological polar surface area (TPSA) is 106 Å². The zero-order valence-corrected chi connectivity index (χ0v) is 13.5. The van der Waals surface area contributed by atoms with E-state index in [0.717, 1.165) is 0 Å². The summed E-state index contributed by atoms with van der Waals surface area (Å²) in [5.74, 6) is 0.540. The number of nitrogens with one attached hydrogen (secondary N) is 1. The van der Waals surface area contributed by atoms with Crippen molar-refractivity contribution in [3.63, 3.8) is 0 Å². The molecule has 3 heterocycles. The molecule has 9 heteroatoms. The van der Waals surface area contributed by atoms with Crippen LogP contribution in [0.25, 0.3) is 0 Å². The fourth-order valence-corrected chi connectivity index (χ4v) is 2.69. The number of hydrogen-bond donors (Lipinski definition) is 1. The average molecular weight is 332 g/mol. The molecule has 0 aromatic carbocycles. The monoisotopic (exact) mass is 332 g/mol. The summed E-state index contributed by atoms with van der Waals surface area (Å²) < 4.78 is 7.37. The lowest BCUT2D eigenvalue weighted by molar-refractivity contribution is -0.139. The number of ether oxygens (including phenoxy) is 1. The number of amides is 1. The van der Waals surface area contributed by atoms with Gasteiger partial charge in [-0.2, -0.15) is 5.10 Å². The molecule has 1 aliphatic rings. The van der Waals surface area contributed by atoms with Crippen LogP contribution in [-0.2, 0) is 16.1 Å². The van der Waals surface area contributed by atoms with Crippen molar-refractivity contribution in [2.75, 3.05) is 19.7 Å². The van der Waals surface area contributed by atoms with Gasteiger partial charge in [-0.05, 0) is 13.3 Å². The predicted molar refractivity (Wildman–Crippen MR) is 84.1 cm³/mol. The summed E-state index contributed by atoms with van der Waals surface area (Å²) >= 11 is 0. The van der Waals surface area contributed by atoms with Crippen molar-refractivity contribution >= 4 is 5.91 Å². The molecule has 1 amide bonds. The van der Waals surface area contributed by atoms with Crippen LogP contribution in [0.2, 0.25) is 0 Å². The summed E-state index contributed by atoms with van der Waals surface area (Å²) in [6, 6.07) is 1.43. The lowest BCUT2D eigenvalue weighted by Crippen LogP contribution is -2.43. The standard InChI is InChI=1S/C15H20N6O3/c1-11-7-13(22)19-15(18-11)12-8-20(5-6-24-12)14(23)3-2-4-21-10-16-9-17-21/h7,9-10,12H,2-6,8H2,1H3,(H,18,19,22)/t12-/m0/s1. The number of aromatic nitrogens is 5. The van der Waals surface area contributed by atoms with Crippen LogP contribution in [0, 0.1) is 6.92 Å². The Morgan fingerprint density at radius 2 is 2.38 bits per heavy atom. The molecule has 0 spiro atoms. The van der Waals surface area contributed by atoms with E-state index in [4.69, 9.17) is 4.74 Å². The van der Waals surface area contributed by atoms with Gasteiger partial charge in [0.2, 0.25) is 5.91 Å². The van der Waals surface area contributed by atoms with E-state index in [0.29, 0.717) is 50.6 Å². The van der Waals surface area contributed by atoms with E-state index in [-0.39, 0.29) is 11.5 Å². The first kappa shape index (κ1) is 16.3. The first-order valence-electron chi connectivity index (χ1n) is 7.91. The van der Waals surface area contributed by atoms with Gasteiger partial charge in [-0.25, -0.2) is 9.97 Å². The van der Waals surface area contributed by atoms with Crippen LogP contribution in [0.3, 0.4) is 0 Å². The molecule has 0 bridgehead atoms. The van der Waals surface area contributed by atoms with Gasteiger partial charge >= 0.3 is 0 Å². The van der Waals surface area contributed by atoms with E-state index in [2.05, 4.69) is 20.1 Å². The first-order chi connectivity index (χ1) is 11.6. The molecule has 0 unspecified atom stereocenters. The number of carbonyl (C=O) groups excluding carboxylic acids is 1. The van der Waals surface area contributed by atoms with Gasteiger partial charge in [0.15, 0.2) is 0 Å². The Morgan fingerprint density at radius 1 is 1.50 bits per heavy atom. The Labute approximate surface area is 138 Å². The first-order valence-corrected chi connectivity index (χ1v) is 7.91. The molecule has 9 nitrogen and oxygen atoms in total. The van der Waals surface area contributed by atoms with Crippen molar-refractivity contribution in [3.8, 4) is 0 Å². The second kappa shape index (κ2) is 7.35. The third-order valence-corrected chi connectivity index (χ3v) is 3.86. The van der Waals surface area contributed by atoms with Crippen LogP contribution in [-0.4, -0.2) is 55.2 Å². The quantitative estimate of drug-likeness (QED) is 0.829. The van der Waals surface area contributed by atoms with Crippen molar-refractivity contribution in [2.45, 2.75) is 32.4 Å². The fraction of sp³-hybridized carbons (Fsp3) is 0.533. The largest absolute Gasteiger partial charge is 0.367 e. The highest BCUT2D eigenvalue weighted by molar-refractivity contribution is 5.76. The summed E-state index contributed by atoms with van der Waals surface area (Å²) in [7, 11) is 0. The van der Waals surface area contributed by atoms with Crippen molar-refractivity contribution in [1.29, 1.82) is 0 Å². The van der Waals surface area contributed by atoms with Gasteiger partial charge in [0.05, 0.1) is 13.2 Å². The van der Waals surface area contributed by atoms with Crippen LogP contribution >= 0.6 is 0 Å². The summed E-state index contributed by atoms with van der Waals surface area (Å²) in [5, 5.41) is 4.01. The van der Waals surface area contributed by atoms with Crippen LogP contribution < -0.4 is 5.56 Å². The second-order valence-electron chi connectivity index (χ2n) is 5.73. The zero-order valence-electron chi connectivity index (χ0n) is 13.5. The minimum Gasteiger partial charge on any atom is -0.367 e.